The largest absolute Gasteiger partial charge is 0.372 e. The number of amides is 1. The van der Waals surface area contributed by atoms with E-state index in [1.807, 2.05) is 37.3 Å². The summed E-state index contributed by atoms with van der Waals surface area (Å²) in [4.78, 5) is 17.2. The fourth-order valence-corrected chi connectivity index (χ4v) is 3.90. The predicted octanol–water partition coefficient (Wildman–Crippen LogP) is 4.49. The van der Waals surface area contributed by atoms with Crippen LogP contribution in [0, 0.1) is 18.3 Å². The first-order chi connectivity index (χ1) is 14.0. The van der Waals surface area contributed by atoms with Gasteiger partial charge in [0.05, 0.1) is 18.2 Å². The van der Waals surface area contributed by atoms with Crippen LogP contribution in [0.4, 0.5) is 11.4 Å². The SMILES string of the molecule is CCN(CC(=O)Nc1ccc(N2CCCC2)cc1C)C(C)c1ccc(C#N)cc1. The summed E-state index contributed by atoms with van der Waals surface area (Å²) in [6.07, 6.45) is 2.50. The molecule has 0 spiro atoms. The molecule has 1 unspecified atom stereocenters. The van der Waals surface area contributed by atoms with E-state index in [0.29, 0.717) is 12.1 Å². The zero-order valence-corrected chi connectivity index (χ0v) is 17.6. The van der Waals surface area contributed by atoms with Crippen molar-refractivity contribution in [1.82, 2.24) is 4.90 Å². The second-order valence-corrected chi connectivity index (χ2v) is 7.71. The topological polar surface area (TPSA) is 59.4 Å². The number of nitriles is 1. The van der Waals surface area contributed by atoms with E-state index < -0.39 is 0 Å². The minimum Gasteiger partial charge on any atom is -0.372 e. The van der Waals surface area contributed by atoms with Crippen LogP contribution in [-0.2, 0) is 4.79 Å². The van der Waals surface area contributed by atoms with Gasteiger partial charge in [0.15, 0.2) is 0 Å². The molecule has 1 fully saturated rings. The van der Waals surface area contributed by atoms with E-state index in [1.54, 1.807) is 0 Å². The van der Waals surface area contributed by atoms with Crippen LogP contribution in [0.15, 0.2) is 42.5 Å². The molecule has 0 bridgehead atoms. The van der Waals surface area contributed by atoms with E-state index in [1.165, 1.54) is 18.5 Å². The lowest BCUT2D eigenvalue weighted by molar-refractivity contribution is -0.117. The van der Waals surface area contributed by atoms with Gasteiger partial charge in [0, 0.05) is 30.5 Å². The van der Waals surface area contributed by atoms with Gasteiger partial charge in [0.25, 0.3) is 0 Å². The number of likely N-dealkylation sites (N-methyl/N-ethyl adjacent to an activating group) is 1. The number of carbonyl (C=O) groups excluding carboxylic acids is 1. The molecule has 5 nitrogen and oxygen atoms in total. The van der Waals surface area contributed by atoms with Crippen molar-refractivity contribution >= 4 is 17.3 Å². The highest BCUT2D eigenvalue weighted by atomic mass is 16.2. The fraction of sp³-hybridized carbons (Fsp3) is 0.417. The zero-order chi connectivity index (χ0) is 20.8. The number of nitrogens with one attached hydrogen (secondary N) is 1. The van der Waals surface area contributed by atoms with Gasteiger partial charge in [0.1, 0.15) is 0 Å². The van der Waals surface area contributed by atoms with E-state index in [9.17, 15) is 4.79 Å². The van der Waals surface area contributed by atoms with Gasteiger partial charge < -0.3 is 10.2 Å². The third-order valence-corrected chi connectivity index (χ3v) is 5.78. The van der Waals surface area contributed by atoms with E-state index in [4.69, 9.17) is 5.26 Å². The number of hydrogen-bond donors (Lipinski definition) is 1. The first kappa shape index (κ1) is 20.9. The number of anilines is 2. The molecule has 152 valence electrons. The van der Waals surface area contributed by atoms with Gasteiger partial charge in [-0.15, -0.1) is 0 Å². The van der Waals surface area contributed by atoms with Crippen molar-refractivity contribution in [2.24, 2.45) is 0 Å². The first-order valence-electron chi connectivity index (χ1n) is 10.4. The minimum absolute atomic E-state index is 0.00984. The highest BCUT2D eigenvalue weighted by molar-refractivity contribution is 5.93. The number of hydrogen-bond acceptors (Lipinski definition) is 4. The first-order valence-corrected chi connectivity index (χ1v) is 10.4. The van der Waals surface area contributed by atoms with E-state index in [-0.39, 0.29) is 11.9 Å². The molecule has 3 rings (SSSR count). The van der Waals surface area contributed by atoms with Gasteiger partial charge in [-0.05, 0) is 74.7 Å². The third kappa shape index (κ3) is 5.16. The Kier molecular flexibility index (Phi) is 6.90. The van der Waals surface area contributed by atoms with Gasteiger partial charge in [-0.2, -0.15) is 5.26 Å². The molecule has 1 aliphatic heterocycles. The summed E-state index contributed by atoms with van der Waals surface area (Å²) in [5.41, 5.74) is 4.95. The molecule has 0 aromatic heterocycles. The molecule has 1 aliphatic rings. The van der Waals surface area contributed by atoms with Crippen LogP contribution in [0.25, 0.3) is 0 Å². The molecule has 1 atom stereocenters. The normalized spacial score (nSPS) is 14.7. The minimum atomic E-state index is -0.00984. The predicted molar refractivity (Wildman–Crippen MR) is 118 cm³/mol. The summed E-state index contributed by atoms with van der Waals surface area (Å²) in [6.45, 7) is 9.52. The van der Waals surface area contributed by atoms with Crippen molar-refractivity contribution in [3.8, 4) is 6.07 Å². The summed E-state index contributed by atoms with van der Waals surface area (Å²) in [6, 6.07) is 16.1. The van der Waals surface area contributed by atoms with Gasteiger partial charge in [-0.3, -0.25) is 9.69 Å². The third-order valence-electron chi connectivity index (χ3n) is 5.78. The molecule has 5 heteroatoms. The van der Waals surface area contributed by atoms with Crippen LogP contribution in [0.3, 0.4) is 0 Å². The molecule has 0 radical (unpaired) electrons. The van der Waals surface area contributed by atoms with Crippen LogP contribution in [0.2, 0.25) is 0 Å². The Labute approximate surface area is 173 Å². The van der Waals surface area contributed by atoms with Crippen LogP contribution < -0.4 is 10.2 Å². The van der Waals surface area contributed by atoms with Gasteiger partial charge >= 0.3 is 0 Å². The van der Waals surface area contributed by atoms with Crippen molar-refractivity contribution in [2.75, 3.05) is 36.4 Å². The maximum absolute atomic E-state index is 12.7. The molecule has 2 aromatic carbocycles. The van der Waals surface area contributed by atoms with E-state index in [2.05, 4.69) is 47.2 Å². The standard InChI is InChI=1S/C24H30N4O/c1-4-27(19(3)21-9-7-20(16-25)8-10-21)17-24(29)26-23-12-11-22(15-18(23)2)28-13-5-6-14-28/h7-12,15,19H,4-6,13-14,17H2,1-3H3,(H,26,29). The molecular weight excluding hydrogens is 360 g/mol. The fourth-order valence-electron chi connectivity index (χ4n) is 3.90. The van der Waals surface area contributed by atoms with Crippen LogP contribution in [0.1, 0.15) is 49.4 Å². The average Bonchev–Trinajstić information content (AvgIpc) is 3.28. The van der Waals surface area contributed by atoms with Crippen molar-refractivity contribution in [3.05, 3.63) is 59.2 Å². The maximum Gasteiger partial charge on any atom is 0.238 e. The Morgan fingerprint density at radius 2 is 1.90 bits per heavy atom. The number of nitrogens with zero attached hydrogens (tertiary/aromatic N) is 3. The quantitative estimate of drug-likeness (QED) is 0.757. The Morgan fingerprint density at radius 3 is 2.48 bits per heavy atom. The molecule has 0 aliphatic carbocycles. The van der Waals surface area contributed by atoms with Gasteiger partial charge in [-0.25, -0.2) is 0 Å². The molecule has 0 saturated carbocycles. The van der Waals surface area contributed by atoms with Crippen LogP contribution >= 0.6 is 0 Å². The van der Waals surface area contributed by atoms with Gasteiger partial charge in [0.2, 0.25) is 5.91 Å². The van der Waals surface area contributed by atoms with Crippen molar-refractivity contribution in [3.63, 3.8) is 0 Å². The molecule has 1 N–H and O–H groups in total. The van der Waals surface area contributed by atoms with Crippen LogP contribution in [-0.4, -0.2) is 37.0 Å². The Morgan fingerprint density at radius 1 is 1.21 bits per heavy atom. The monoisotopic (exact) mass is 390 g/mol. The van der Waals surface area contributed by atoms with Crippen molar-refractivity contribution < 1.29 is 4.79 Å². The summed E-state index contributed by atoms with van der Waals surface area (Å²) < 4.78 is 0. The van der Waals surface area contributed by atoms with Crippen molar-refractivity contribution in [2.45, 2.75) is 39.7 Å². The molecule has 29 heavy (non-hydrogen) atoms. The van der Waals surface area contributed by atoms with Crippen molar-refractivity contribution in [1.29, 1.82) is 5.26 Å². The lowest BCUT2D eigenvalue weighted by Crippen LogP contribution is -2.35. The number of aryl methyl sites for hydroxylation is 1. The average molecular weight is 391 g/mol. The Hall–Kier alpha value is -2.84. The summed E-state index contributed by atoms with van der Waals surface area (Å²) >= 11 is 0. The summed E-state index contributed by atoms with van der Waals surface area (Å²) in [5, 5.41) is 12.0. The molecule has 1 amide bonds. The smallest absolute Gasteiger partial charge is 0.238 e. The highest BCUT2D eigenvalue weighted by Crippen LogP contribution is 2.26. The lowest BCUT2D eigenvalue weighted by Gasteiger charge is -2.27. The van der Waals surface area contributed by atoms with Gasteiger partial charge in [-0.1, -0.05) is 19.1 Å². The molecule has 2 aromatic rings. The summed E-state index contributed by atoms with van der Waals surface area (Å²) in [7, 11) is 0. The van der Waals surface area contributed by atoms with E-state index in [0.717, 1.165) is 36.4 Å². The van der Waals surface area contributed by atoms with Crippen LogP contribution in [0.5, 0.6) is 0 Å². The molecular formula is C24H30N4O. The Bertz CT molecular complexity index is 879. The molecule has 1 heterocycles. The number of benzene rings is 2. The maximum atomic E-state index is 12.7. The highest BCUT2D eigenvalue weighted by Gasteiger charge is 2.18. The number of rotatable bonds is 7. The zero-order valence-electron chi connectivity index (χ0n) is 17.6. The Balaban J connectivity index is 1.62. The number of carbonyl (C=O) groups is 1. The second-order valence-electron chi connectivity index (χ2n) is 7.71. The summed E-state index contributed by atoms with van der Waals surface area (Å²) in [5.74, 6) is -0.00984. The second kappa shape index (κ2) is 9.58. The molecule has 1 saturated heterocycles. The lowest BCUT2D eigenvalue weighted by atomic mass is 10.0. The van der Waals surface area contributed by atoms with E-state index >= 15 is 0 Å².